The van der Waals surface area contributed by atoms with E-state index in [0.717, 1.165) is 25.3 Å². The maximum Gasteiger partial charge on any atom is 0.108 e. The van der Waals surface area contributed by atoms with Crippen LogP contribution in [-0.2, 0) is 18.2 Å². The number of nitrogens with one attached hydrogen (secondary N) is 1. The summed E-state index contributed by atoms with van der Waals surface area (Å²) in [7, 11) is 4.12. The van der Waals surface area contributed by atoms with Crippen LogP contribution in [0.15, 0.2) is 12.4 Å². The van der Waals surface area contributed by atoms with Crippen molar-refractivity contribution in [3.8, 4) is 0 Å². The highest BCUT2D eigenvalue weighted by Gasteiger charge is 2.41. The van der Waals surface area contributed by atoms with E-state index < -0.39 is 0 Å². The number of hydrogen-bond donors (Lipinski definition) is 1. The minimum Gasteiger partial charge on any atom is -0.374 e. The number of aryl methyl sites for hydroxylation is 2. The summed E-state index contributed by atoms with van der Waals surface area (Å²) < 4.78 is 8.26. The second kappa shape index (κ2) is 6.53. The van der Waals surface area contributed by atoms with E-state index in [0.29, 0.717) is 6.04 Å². The van der Waals surface area contributed by atoms with Crippen molar-refractivity contribution in [3.05, 3.63) is 18.2 Å². The van der Waals surface area contributed by atoms with E-state index in [1.54, 1.807) is 0 Å². The normalized spacial score (nSPS) is 19.7. The zero-order valence-corrected chi connectivity index (χ0v) is 12.5. The van der Waals surface area contributed by atoms with Gasteiger partial charge in [0.25, 0.3) is 0 Å². The van der Waals surface area contributed by atoms with Crippen LogP contribution in [0.1, 0.15) is 44.9 Å². The summed E-state index contributed by atoms with van der Waals surface area (Å²) in [4.78, 5) is 4.41. The van der Waals surface area contributed by atoms with Gasteiger partial charge in [-0.25, -0.2) is 4.98 Å². The molecule has 1 aromatic rings. The molecule has 1 aliphatic rings. The first-order valence-electron chi connectivity index (χ1n) is 7.49. The fourth-order valence-corrected chi connectivity index (χ4v) is 3.44. The van der Waals surface area contributed by atoms with E-state index in [9.17, 15) is 0 Å². The molecule has 4 nitrogen and oxygen atoms in total. The van der Waals surface area contributed by atoms with Crippen LogP contribution in [0.5, 0.6) is 0 Å². The molecule has 0 spiro atoms. The largest absolute Gasteiger partial charge is 0.374 e. The number of imidazole rings is 1. The lowest BCUT2D eigenvalue weighted by Crippen LogP contribution is -2.50. The van der Waals surface area contributed by atoms with Gasteiger partial charge in [0.05, 0.1) is 5.60 Å². The van der Waals surface area contributed by atoms with Gasteiger partial charge >= 0.3 is 0 Å². The van der Waals surface area contributed by atoms with Crippen LogP contribution in [0.25, 0.3) is 0 Å². The predicted octanol–water partition coefficient (Wildman–Crippen LogP) is 2.29. The Morgan fingerprint density at radius 2 is 2.21 bits per heavy atom. The Labute approximate surface area is 116 Å². The maximum absolute atomic E-state index is 6.15. The van der Waals surface area contributed by atoms with E-state index in [4.69, 9.17) is 4.74 Å². The molecule has 1 unspecified atom stereocenters. The van der Waals surface area contributed by atoms with Crippen LogP contribution in [0.4, 0.5) is 0 Å². The third-order valence-electron chi connectivity index (χ3n) is 4.44. The summed E-state index contributed by atoms with van der Waals surface area (Å²) in [5.74, 6) is 1.16. The summed E-state index contributed by atoms with van der Waals surface area (Å²) in [5, 5.41) is 3.49. The lowest BCUT2D eigenvalue weighted by Gasteiger charge is -2.37. The second-order valence-electron chi connectivity index (χ2n) is 5.54. The second-order valence-corrected chi connectivity index (χ2v) is 5.54. The molecule has 0 amide bonds. The van der Waals surface area contributed by atoms with Crippen LogP contribution in [0.2, 0.25) is 0 Å². The number of likely N-dealkylation sites (N-methyl/N-ethyl adjacent to an activating group) is 1. The first-order chi connectivity index (χ1) is 9.22. The van der Waals surface area contributed by atoms with Gasteiger partial charge in [-0.15, -0.1) is 0 Å². The highest BCUT2D eigenvalue weighted by atomic mass is 16.5. The van der Waals surface area contributed by atoms with Gasteiger partial charge in [-0.1, -0.05) is 12.8 Å². The highest BCUT2D eigenvalue weighted by molar-refractivity contribution is 4.99. The summed E-state index contributed by atoms with van der Waals surface area (Å²) >= 11 is 0. The van der Waals surface area contributed by atoms with Gasteiger partial charge in [-0.2, -0.15) is 0 Å². The van der Waals surface area contributed by atoms with E-state index in [1.807, 2.05) is 12.4 Å². The Kier molecular flexibility index (Phi) is 4.99. The maximum atomic E-state index is 6.15. The van der Waals surface area contributed by atoms with Gasteiger partial charge in [0.15, 0.2) is 0 Å². The van der Waals surface area contributed by atoms with Crippen LogP contribution >= 0.6 is 0 Å². The molecule has 1 aromatic heterocycles. The average molecular weight is 265 g/mol. The van der Waals surface area contributed by atoms with Crippen molar-refractivity contribution in [2.24, 2.45) is 7.05 Å². The van der Waals surface area contributed by atoms with Crippen LogP contribution in [-0.4, -0.2) is 34.8 Å². The number of rotatable bonds is 7. The first kappa shape index (κ1) is 14.5. The van der Waals surface area contributed by atoms with Crippen molar-refractivity contribution >= 4 is 0 Å². The van der Waals surface area contributed by atoms with Gasteiger partial charge in [0.1, 0.15) is 5.82 Å². The Morgan fingerprint density at radius 3 is 2.74 bits per heavy atom. The molecule has 1 aliphatic carbocycles. The van der Waals surface area contributed by atoms with Crippen molar-refractivity contribution in [2.75, 3.05) is 13.7 Å². The van der Waals surface area contributed by atoms with Crippen LogP contribution < -0.4 is 5.32 Å². The number of nitrogens with zero attached hydrogens (tertiary/aromatic N) is 2. The number of aromatic nitrogens is 2. The van der Waals surface area contributed by atoms with Crippen molar-refractivity contribution in [2.45, 2.75) is 57.1 Å². The Hall–Kier alpha value is -0.870. The lowest BCUT2D eigenvalue weighted by atomic mass is 9.88. The molecule has 1 N–H and O–H groups in total. The Bertz CT molecular complexity index is 382. The highest BCUT2D eigenvalue weighted by Crippen LogP contribution is 2.37. The fraction of sp³-hybridized carbons (Fsp3) is 0.800. The van der Waals surface area contributed by atoms with Crippen LogP contribution in [0.3, 0.4) is 0 Å². The molecule has 0 aromatic carbocycles. The molecule has 0 radical (unpaired) electrons. The molecule has 1 heterocycles. The molecule has 1 fully saturated rings. The van der Waals surface area contributed by atoms with Crippen molar-refractivity contribution in [1.29, 1.82) is 0 Å². The molecule has 0 bridgehead atoms. The minimum absolute atomic E-state index is 0.0503. The van der Waals surface area contributed by atoms with Crippen LogP contribution in [0, 0.1) is 0 Å². The molecule has 108 valence electrons. The van der Waals surface area contributed by atoms with E-state index >= 15 is 0 Å². The van der Waals surface area contributed by atoms with Gasteiger partial charge in [-0.3, -0.25) is 0 Å². The van der Waals surface area contributed by atoms with E-state index in [2.05, 4.69) is 35.9 Å². The first-order valence-corrected chi connectivity index (χ1v) is 7.49. The molecular weight excluding hydrogens is 238 g/mol. The summed E-state index contributed by atoms with van der Waals surface area (Å²) in [6.45, 7) is 2.91. The third-order valence-corrected chi connectivity index (χ3v) is 4.44. The fourth-order valence-electron chi connectivity index (χ4n) is 3.44. The smallest absolute Gasteiger partial charge is 0.108 e. The number of ether oxygens (including phenoxy) is 1. The minimum atomic E-state index is 0.0503. The topological polar surface area (TPSA) is 39.1 Å². The molecule has 2 rings (SSSR count). The summed E-state index contributed by atoms with van der Waals surface area (Å²) in [6.07, 6.45) is 10.9. The van der Waals surface area contributed by atoms with Gasteiger partial charge in [-0.05, 0) is 33.2 Å². The zero-order chi connectivity index (χ0) is 13.7. The quantitative estimate of drug-likeness (QED) is 0.822. The molecule has 1 saturated carbocycles. The SMILES string of the molecule is CCOC1(C(CCc2nccn2C)NC)CCCC1. The van der Waals surface area contributed by atoms with Crippen molar-refractivity contribution in [3.63, 3.8) is 0 Å². The summed E-state index contributed by atoms with van der Waals surface area (Å²) in [5.41, 5.74) is 0.0503. The molecule has 0 saturated heterocycles. The molecule has 4 heteroatoms. The standard InChI is InChI=1S/C15H27N3O/c1-4-19-15(9-5-6-10-15)13(16-2)7-8-14-17-11-12-18(14)3/h11-13,16H,4-10H2,1-3H3. The zero-order valence-electron chi connectivity index (χ0n) is 12.5. The Morgan fingerprint density at radius 1 is 1.47 bits per heavy atom. The van der Waals surface area contributed by atoms with Crippen molar-refractivity contribution < 1.29 is 4.74 Å². The molecule has 19 heavy (non-hydrogen) atoms. The number of hydrogen-bond acceptors (Lipinski definition) is 3. The third kappa shape index (κ3) is 3.18. The molecule has 0 aliphatic heterocycles. The monoisotopic (exact) mass is 265 g/mol. The average Bonchev–Trinajstić information content (AvgIpc) is 3.01. The summed E-state index contributed by atoms with van der Waals surface area (Å²) in [6, 6.07) is 0.423. The lowest BCUT2D eigenvalue weighted by molar-refractivity contribution is -0.0616. The predicted molar refractivity (Wildman–Crippen MR) is 77.2 cm³/mol. The van der Waals surface area contributed by atoms with Gasteiger partial charge in [0, 0.05) is 38.5 Å². The van der Waals surface area contributed by atoms with Gasteiger partial charge < -0.3 is 14.6 Å². The Balaban J connectivity index is 2.00. The molecule has 1 atom stereocenters. The van der Waals surface area contributed by atoms with E-state index in [-0.39, 0.29) is 5.60 Å². The van der Waals surface area contributed by atoms with Gasteiger partial charge in [0.2, 0.25) is 0 Å². The molecular formula is C15H27N3O. The van der Waals surface area contributed by atoms with Crippen molar-refractivity contribution in [1.82, 2.24) is 14.9 Å². The van der Waals surface area contributed by atoms with E-state index in [1.165, 1.54) is 25.7 Å².